The molecular formula is C15H18BrClN2O. The van der Waals surface area contributed by atoms with Gasteiger partial charge in [0.05, 0.1) is 5.69 Å². The fourth-order valence-corrected chi connectivity index (χ4v) is 2.80. The van der Waals surface area contributed by atoms with E-state index in [1.165, 1.54) is 19.4 Å². The van der Waals surface area contributed by atoms with Crippen molar-refractivity contribution in [2.75, 3.05) is 6.54 Å². The molecule has 1 aliphatic heterocycles. The van der Waals surface area contributed by atoms with Gasteiger partial charge in [-0.05, 0) is 50.6 Å². The molecular weight excluding hydrogens is 340 g/mol. The van der Waals surface area contributed by atoms with Gasteiger partial charge in [-0.3, -0.25) is 4.90 Å². The second kappa shape index (κ2) is 6.74. The fraction of sp³-hybridized carbons (Fsp3) is 0.400. The average Bonchev–Trinajstić information content (AvgIpc) is 3.01. The molecule has 1 fully saturated rings. The zero-order chi connectivity index (χ0) is 13.2. The molecule has 0 aliphatic carbocycles. The van der Waals surface area contributed by atoms with Gasteiger partial charge < -0.3 is 4.42 Å². The van der Waals surface area contributed by atoms with Gasteiger partial charge in [0.1, 0.15) is 6.26 Å². The lowest BCUT2D eigenvalue weighted by atomic mass is 10.2. The Balaban J connectivity index is 0.00000147. The molecule has 0 spiro atoms. The van der Waals surface area contributed by atoms with Crippen molar-refractivity contribution in [1.29, 1.82) is 0 Å². The van der Waals surface area contributed by atoms with Crippen LogP contribution < -0.4 is 0 Å². The Labute approximate surface area is 133 Å². The Morgan fingerprint density at radius 3 is 2.75 bits per heavy atom. The first-order valence-corrected chi connectivity index (χ1v) is 7.46. The molecule has 1 saturated heterocycles. The lowest BCUT2D eigenvalue weighted by Gasteiger charge is -2.18. The van der Waals surface area contributed by atoms with Gasteiger partial charge >= 0.3 is 0 Å². The van der Waals surface area contributed by atoms with Crippen molar-refractivity contribution in [2.45, 2.75) is 32.4 Å². The molecule has 1 aliphatic rings. The molecule has 0 radical (unpaired) electrons. The Morgan fingerprint density at radius 1 is 1.35 bits per heavy atom. The molecule has 20 heavy (non-hydrogen) atoms. The van der Waals surface area contributed by atoms with E-state index in [0.717, 1.165) is 22.3 Å². The van der Waals surface area contributed by atoms with Crippen LogP contribution in [0.4, 0.5) is 0 Å². The maximum absolute atomic E-state index is 5.58. The Morgan fingerprint density at radius 2 is 2.10 bits per heavy atom. The van der Waals surface area contributed by atoms with Crippen LogP contribution in [0, 0.1) is 0 Å². The second-order valence-corrected chi connectivity index (χ2v) is 6.03. The van der Waals surface area contributed by atoms with Crippen molar-refractivity contribution in [1.82, 2.24) is 9.88 Å². The SMILES string of the molecule is CC1CCCN1Cc1coc(-c2ccc(Br)cc2)n1.Cl. The highest BCUT2D eigenvalue weighted by atomic mass is 79.9. The van der Waals surface area contributed by atoms with Gasteiger partial charge in [-0.2, -0.15) is 0 Å². The molecule has 1 aromatic carbocycles. The largest absolute Gasteiger partial charge is 0.444 e. The number of hydrogen-bond acceptors (Lipinski definition) is 3. The smallest absolute Gasteiger partial charge is 0.226 e. The van der Waals surface area contributed by atoms with Crippen molar-refractivity contribution < 1.29 is 4.42 Å². The van der Waals surface area contributed by atoms with E-state index >= 15 is 0 Å². The first-order chi connectivity index (χ1) is 9.22. The van der Waals surface area contributed by atoms with Crippen molar-refractivity contribution >= 4 is 28.3 Å². The lowest BCUT2D eigenvalue weighted by molar-refractivity contribution is 0.257. The number of hydrogen-bond donors (Lipinski definition) is 0. The van der Waals surface area contributed by atoms with Crippen LogP contribution >= 0.6 is 28.3 Å². The van der Waals surface area contributed by atoms with Crippen LogP contribution in [0.3, 0.4) is 0 Å². The summed E-state index contributed by atoms with van der Waals surface area (Å²) < 4.78 is 6.65. The standard InChI is InChI=1S/C15H17BrN2O.ClH/c1-11-3-2-8-18(11)9-14-10-19-15(17-14)12-4-6-13(16)7-5-12;/h4-7,10-11H,2-3,8-9H2,1H3;1H. The predicted octanol–water partition coefficient (Wildman–Crippen LogP) is 4.51. The maximum atomic E-state index is 5.58. The minimum Gasteiger partial charge on any atom is -0.444 e. The summed E-state index contributed by atoms with van der Waals surface area (Å²) in [6.45, 7) is 4.34. The third kappa shape index (κ3) is 3.43. The molecule has 0 amide bonds. The molecule has 0 bridgehead atoms. The molecule has 2 aromatic rings. The van der Waals surface area contributed by atoms with Crippen LogP contribution in [-0.4, -0.2) is 22.5 Å². The van der Waals surface area contributed by atoms with Gasteiger partial charge in [-0.1, -0.05) is 15.9 Å². The van der Waals surface area contributed by atoms with Crippen molar-refractivity contribution in [3.05, 3.63) is 40.7 Å². The summed E-state index contributed by atoms with van der Waals surface area (Å²) in [6.07, 6.45) is 4.36. The zero-order valence-electron chi connectivity index (χ0n) is 11.4. The normalized spacial score (nSPS) is 19.0. The summed E-state index contributed by atoms with van der Waals surface area (Å²) in [5.74, 6) is 0.703. The third-order valence-corrected chi connectivity index (χ3v) is 4.23. The molecule has 0 N–H and O–H groups in total. The number of benzene rings is 1. The minimum atomic E-state index is 0. The van der Waals surface area contributed by atoms with Gasteiger partial charge in [0.25, 0.3) is 0 Å². The van der Waals surface area contributed by atoms with E-state index < -0.39 is 0 Å². The van der Waals surface area contributed by atoms with Crippen LogP contribution in [0.25, 0.3) is 11.5 Å². The zero-order valence-corrected chi connectivity index (χ0v) is 13.8. The second-order valence-electron chi connectivity index (χ2n) is 5.11. The van der Waals surface area contributed by atoms with Crippen LogP contribution in [0.5, 0.6) is 0 Å². The van der Waals surface area contributed by atoms with E-state index in [4.69, 9.17) is 4.42 Å². The predicted molar refractivity (Wildman–Crippen MR) is 86.0 cm³/mol. The third-order valence-electron chi connectivity index (χ3n) is 3.70. The van der Waals surface area contributed by atoms with E-state index in [9.17, 15) is 0 Å². The maximum Gasteiger partial charge on any atom is 0.226 e. The highest BCUT2D eigenvalue weighted by Crippen LogP contribution is 2.23. The Kier molecular flexibility index (Phi) is 5.24. The number of likely N-dealkylation sites (tertiary alicyclic amines) is 1. The summed E-state index contributed by atoms with van der Waals surface area (Å²) in [4.78, 5) is 7.05. The first kappa shape index (κ1) is 15.5. The molecule has 1 aromatic heterocycles. The number of oxazole rings is 1. The fourth-order valence-electron chi connectivity index (χ4n) is 2.54. The van der Waals surface area contributed by atoms with Crippen LogP contribution in [0.2, 0.25) is 0 Å². The van der Waals surface area contributed by atoms with E-state index in [1.807, 2.05) is 24.3 Å². The van der Waals surface area contributed by atoms with Gasteiger partial charge in [0.2, 0.25) is 5.89 Å². The summed E-state index contributed by atoms with van der Waals surface area (Å²) >= 11 is 3.43. The van der Waals surface area contributed by atoms with Gasteiger partial charge in [0, 0.05) is 22.6 Å². The number of nitrogens with zero attached hydrogens (tertiary/aromatic N) is 2. The molecule has 108 valence electrons. The summed E-state index contributed by atoms with van der Waals surface area (Å²) in [6, 6.07) is 8.69. The van der Waals surface area contributed by atoms with Crippen molar-refractivity contribution in [3.8, 4) is 11.5 Å². The summed E-state index contributed by atoms with van der Waals surface area (Å²) in [7, 11) is 0. The highest BCUT2D eigenvalue weighted by Gasteiger charge is 2.21. The molecule has 0 saturated carbocycles. The lowest BCUT2D eigenvalue weighted by Crippen LogP contribution is -2.26. The average molecular weight is 358 g/mol. The highest BCUT2D eigenvalue weighted by molar-refractivity contribution is 9.10. The van der Waals surface area contributed by atoms with Crippen molar-refractivity contribution in [2.24, 2.45) is 0 Å². The molecule has 3 rings (SSSR count). The van der Waals surface area contributed by atoms with Crippen molar-refractivity contribution in [3.63, 3.8) is 0 Å². The van der Waals surface area contributed by atoms with Crippen LogP contribution in [-0.2, 0) is 6.54 Å². The van der Waals surface area contributed by atoms with Gasteiger partial charge in [0.15, 0.2) is 0 Å². The topological polar surface area (TPSA) is 29.3 Å². The van der Waals surface area contributed by atoms with E-state index in [-0.39, 0.29) is 12.4 Å². The Hall–Kier alpha value is -0.840. The molecule has 2 heterocycles. The quantitative estimate of drug-likeness (QED) is 0.809. The molecule has 3 nitrogen and oxygen atoms in total. The number of halogens is 2. The Bertz CT molecular complexity index is 555. The monoisotopic (exact) mass is 356 g/mol. The summed E-state index contributed by atoms with van der Waals surface area (Å²) in [5.41, 5.74) is 2.04. The van der Waals surface area contributed by atoms with Gasteiger partial charge in [-0.25, -0.2) is 4.98 Å². The van der Waals surface area contributed by atoms with E-state index in [0.29, 0.717) is 11.9 Å². The minimum absolute atomic E-state index is 0. The first-order valence-electron chi connectivity index (χ1n) is 6.67. The number of rotatable bonds is 3. The molecule has 1 atom stereocenters. The van der Waals surface area contributed by atoms with Crippen LogP contribution in [0.1, 0.15) is 25.5 Å². The molecule has 1 unspecified atom stereocenters. The van der Waals surface area contributed by atoms with E-state index in [1.54, 1.807) is 6.26 Å². The summed E-state index contributed by atoms with van der Waals surface area (Å²) in [5, 5.41) is 0. The van der Waals surface area contributed by atoms with Gasteiger partial charge in [-0.15, -0.1) is 12.4 Å². The van der Waals surface area contributed by atoms with Crippen LogP contribution in [0.15, 0.2) is 39.4 Å². The van der Waals surface area contributed by atoms with E-state index in [2.05, 4.69) is 32.7 Å². The molecule has 5 heteroatoms. The number of aromatic nitrogens is 1.